The fraction of sp³-hybridized carbons (Fsp3) is 0. The fourth-order valence-electron chi connectivity index (χ4n) is 2.85. The standard InChI is InChI=1S/C22H15F2N3O/c23-19-6-5-18(12-20(19)24)27-21(28)7-4-14-2-1-3-15(10-14)17-11-16-8-9-25-22(16)26-13-17/h1-13H,(H,25,26)(H,27,28). The molecule has 0 atom stereocenters. The molecule has 0 unspecified atom stereocenters. The third-order valence-corrected chi connectivity index (χ3v) is 4.23. The number of pyridine rings is 1. The Morgan fingerprint density at radius 2 is 1.89 bits per heavy atom. The molecule has 6 heteroatoms. The minimum atomic E-state index is -1.01. The summed E-state index contributed by atoms with van der Waals surface area (Å²) in [5.41, 5.74) is 3.78. The summed E-state index contributed by atoms with van der Waals surface area (Å²) in [7, 11) is 0. The van der Waals surface area contributed by atoms with E-state index in [1.165, 1.54) is 12.1 Å². The van der Waals surface area contributed by atoms with Crippen LogP contribution >= 0.6 is 0 Å². The van der Waals surface area contributed by atoms with Crippen molar-refractivity contribution in [3.63, 3.8) is 0 Å². The van der Waals surface area contributed by atoms with E-state index in [4.69, 9.17) is 0 Å². The molecule has 4 rings (SSSR count). The van der Waals surface area contributed by atoms with Crippen molar-refractivity contribution in [3.05, 3.63) is 90.3 Å². The number of aromatic amines is 1. The number of hydrogen-bond acceptors (Lipinski definition) is 2. The molecular weight excluding hydrogens is 360 g/mol. The highest BCUT2D eigenvalue weighted by atomic mass is 19.2. The Morgan fingerprint density at radius 1 is 1.00 bits per heavy atom. The van der Waals surface area contributed by atoms with Crippen molar-refractivity contribution >= 4 is 28.7 Å². The zero-order chi connectivity index (χ0) is 19.5. The Morgan fingerprint density at radius 3 is 2.75 bits per heavy atom. The molecule has 0 fully saturated rings. The molecule has 2 aromatic carbocycles. The first-order valence-electron chi connectivity index (χ1n) is 8.56. The van der Waals surface area contributed by atoms with E-state index in [9.17, 15) is 13.6 Å². The van der Waals surface area contributed by atoms with Crippen LogP contribution in [0.1, 0.15) is 5.56 Å². The summed E-state index contributed by atoms with van der Waals surface area (Å²) >= 11 is 0. The van der Waals surface area contributed by atoms with E-state index in [1.807, 2.05) is 42.6 Å². The maximum absolute atomic E-state index is 13.2. The molecule has 0 aliphatic rings. The number of nitrogens with one attached hydrogen (secondary N) is 2. The van der Waals surface area contributed by atoms with Gasteiger partial charge in [-0.25, -0.2) is 13.8 Å². The van der Waals surface area contributed by atoms with E-state index in [1.54, 1.807) is 12.3 Å². The maximum Gasteiger partial charge on any atom is 0.248 e. The number of benzene rings is 2. The molecule has 0 spiro atoms. The van der Waals surface area contributed by atoms with Crippen molar-refractivity contribution in [2.24, 2.45) is 0 Å². The number of carbonyl (C=O) groups is 1. The first kappa shape index (κ1) is 17.6. The van der Waals surface area contributed by atoms with Crippen LogP contribution < -0.4 is 5.32 Å². The molecule has 0 saturated heterocycles. The van der Waals surface area contributed by atoms with Crippen LogP contribution in [0, 0.1) is 11.6 Å². The lowest BCUT2D eigenvalue weighted by Crippen LogP contribution is -2.08. The van der Waals surface area contributed by atoms with Gasteiger partial charge in [0.25, 0.3) is 0 Å². The predicted octanol–water partition coefficient (Wildman–Crippen LogP) is 5.16. The first-order valence-corrected chi connectivity index (χ1v) is 8.56. The van der Waals surface area contributed by atoms with Gasteiger partial charge in [-0.3, -0.25) is 4.79 Å². The molecule has 0 aliphatic carbocycles. The van der Waals surface area contributed by atoms with Crippen molar-refractivity contribution in [1.82, 2.24) is 9.97 Å². The second-order valence-electron chi connectivity index (χ2n) is 6.22. The third-order valence-electron chi connectivity index (χ3n) is 4.23. The average Bonchev–Trinajstić information content (AvgIpc) is 3.17. The molecule has 0 radical (unpaired) electrons. The van der Waals surface area contributed by atoms with Crippen LogP contribution in [0.4, 0.5) is 14.5 Å². The van der Waals surface area contributed by atoms with E-state index >= 15 is 0 Å². The monoisotopic (exact) mass is 375 g/mol. The van der Waals surface area contributed by atoms with E-state index < -0.39 is 17.5 Å². The van der Waals surface area contributed by atoms with Gasteiger partial charge >= 0.3 is 0 Å². The lowest BCUT2D eigenvalue weighted by molar-refractivity contribution is -0.111. The molecule has 28 heavy (non-hydrogen) atoms. The van der Waals surface area contributed by atoms with Crippen LogP contribution in [0.5, 0.6) is 0 Å². The topological polar surface area (TPSA) is 57.8 Å². The summed E-state index contributed by atoms with van der Waals surface area (Å²) < 4.78 is 26.2. The quantitative estimate of drug-likeness (QED) is 0.484. The number of anilines is 1. The first-order chi connectivity index (χ1) is 13.6. The van der Waals surface area contributed by atoms with Gasteiger partial charge in [-0.15, -0.1) is 0 Å². The SMILES string of the molecule is O=C(C=Cc1cccc(-c2cnc3[nH]ccc3c2)c1)Nc1ccc(F)c(F)c1. The normalized spacial score (nSPS) is 11.2. The fourth-order valence-corrected chi connectivity index (χ4v) is 2.85. The van der Waals surface area contributed by atoms with Gasteiger partial charge in [-0.2, -0.15) is 0 Å². The summed E-state index contributed by atoms with van der Waals surface area (Å²) in [6.45, 7) is 0. The van der Waals surface area contributed by atoms with Gasteiger partial charge in [0, 0.05) is 41.2 Å². The number of halogens is 2. The molecule has 0 aliphatic heterocycles. The molecule has 138 valence electrons. The van der Waals surface area contributed by atoms with Gasteiger partial charge in [0.1, 0.15) is 5.65 Å². The second-order valence-corrected chi connectivity index (χ2v) is 6.22. The van der Waals surface area contributed by atoms with Crippen molar-refractivity contribution in [3.8, 4) is 11.1 Å². The molecule has 2 N–H and O–H groups in total. The number of amides is 1. The molecule has 1 amide bonds. The summed E-state index contributed by atoms with van der Waals surface area (Å²) in [4.78, 5) is 19.5. The van der Waals surface area contributed by atoms with E-state index in [-0.39, 0.29) is 5.69 Å². The summed E-state index contributed by atoms with van der Waals surface area (Å²) in [5, 5.41) is 3.52. The van der Waals surface area contributed by atoms with E-state index in [0.717, 1.165) is 39.9 Å². The Kier molecular flexibility index (Phi) is 4.68. The van der Waals surface area contributed by atoms with Crippen LogP contribution in [0.25, 0.3) is 28.2 Å². The largest absolute Gasteiger partial charge is 0.346 e. The Hall–Kier alpha value is -3.80. The molecule has 4 aromatic rings. The Balaban J connectivity index is 1.50. The van der Waals surface area contributed by atoms with Gasteiger partial charge in [0.2, 0.25) is 5.91 Å². The van der Waals surface area contributed by atoms with E-state index in [2.05, 4.69) is 15.3 Å². The Bertz CT molecular complexity index is 1200. The number of nitrogens with zero attached hydrogens (tertiary/aromatic N) is 1. The zero-order valence-electron chi connectivity index (χ0n) is 14.6. The zero-order valence-corrected chi connectivity index (χ0v) is 14.6. The minimum absolute atomic E-state index is 0.188. The van der Waals surface area contributed by atoms with Crippen molar-refractivity contribution in [2.75, 3.05) is 5.32 Å². The smallest absolute Gasteiger partial charge is 0.248 e. The second kappa shape index (κ2) is 7.44. The van der Waals surface area contributed by atoms with Crippen LogP contribution in [0.15, 0.2) is 73.1 Å². The van der Waals surface area contributed by atoms with Crippen molar-refractivity contribution < 1.29 is 13.6 Å². The molecular formula is C22H15F2N3O. The highest BCUT2D eigenvalue weighted by molar-refractivity contribution is 6.02. The number of hydrogen-bond donors (Lipinski definition) is 2. The average molecular weight is 375 g/mol. The lowest BCUT2D eigenvalue weighted by Gasteiger charge is -2.04. The van der Waals surface area contributed by atoms with Crippen LogP contribution in [0.3, 0.4) is 0 Å². The Labute approximate surface area is 159 Å². The predicted molar refractivity (Wildman–Crippen MR) is 106 cm³/mol. The van der Waals surface area contributed by atoms with Gasteiger partial charge < -0.3 is 10.3 Å². The van der Waals surface area contributed by atoms with Gasteiger partial charge in [-0.1, -0.05) is 18.2 Å². The van der Waals surface area contributed by atoms with Gasteiger partial charge in [0.05, 0.1) is 0 Å². The summed E-state index contributed by atoms with van der Waals surface area (Å²) in [6, 6.07) is 14.9. The molecule has 0 saturated carbocycles. The van der Waals surface area contributed by atoms with Crippen molar-refractivity contribution in [2.45, 2.75) is 0 Å². The summed E-state index contributed by atoms with van der Waals surface area (Å²) in [6.07, 6.45) is 6.62. The molecule has 4 nitrogen and oxygen atoms in total. The van der Waals surface area contributed by atoms with Gasteiger partial charge in [-0.05, 0) is 47.5 Å². The summed E-state index contributed by atoms with van der Waals surface area (Å²) in [5.74, 6) is -2.41. The highest BCUT2D eigenvalue weighted by Crippen LogP contribution is 2.23. The molecule has 2 heterocycles. The lowest BCUT2D eigenvalue weighted by atomic mass is 10.0. The van der Waals surface area contributed by atoms with Gasteiger partial charge in [0.15, 0.2) is 11.6 Å². The molecule has 2 aromatic heterocycles. The maximum atomic E-state index is 13.2. The van der Waals surface area contributed by atoms with E-state index in [0.29, 0.717) is 0 Å². The highest BCUT2D eigenvalue weighted by Gasteiger charge is 2.05. The number of fused-ring (bicyclic) bond motifs is 1. The van der Waals surface area contributed by atoms with Crippen LogP contribution in [-0.4, -0.2) is 15.9 Å². The number of H-pyrrole nitrogens is 1. The number of aromatic nitrogens is 2. The van der Waals surface area contributed by atoms with Crippen LogP contribution in [-0.2, 0) is 4.79 Å². The minimum Gasteiger partial charge on any atom is -0.346 e. The molecule has 0 bridgehead atoms. The number of rotatable bonds is 4. The third kappa shape index (κ3) is 3.81. The van der Waals surface area contributed by atoms with Crippen molar-refractivity contribution in [1.29, 1.82) is 0 Å². The number of carbonyl (C=O) groups excluding carboxylic acids is 1. The van der Waals surface area contributed by atoms with Crippen LogP contribution in [0.2, 0.25) is 0 Å².